The second-order valence-corrected chi connectivity index (χ2v) is 6.30. The van der Waals surface area contributed by atoms with Crippen LogP contribution < -0.4 is 14.8 Å². The van der Waals surface area contributed by atoms with Crippen LogP contribution in [0.2, 0.25) is 0 Å². The molecule has 2 heterocycles. The molecule has 0 aromatic heterocycles. The summed E-state index contributed by atoms with van der Waals surface area (Å²) in [6.45, 7) is 6.49. The number of fused-ring (bicyclic) bond motifs is 1. The summed E-state index contributed by atoms with van der Waals surface area (Å²) in [4.78, 5) is 14.4. The van der Waals surface area contributed by atoms with E-state index in [4.69, 9.17) is 9.47 Å². The molecule has 2 fully saturated rings. The van der Waals surface area contributed by atoms with Crippen LogP contribution >= 0.6 is 12.4 Å². The van der Waals surface area contributed by atoms with Crippen molar-refractivity contribution in [1.29, 1.82) is 0 Å². The number of ether oxygens (including phenoxy) is 2. The van der Waals surface area contributed by atoms with Gasteiger partial charge in [0.1, 0.15) is 0 Å². The van der Waals surface area contributed by atoms with Crippen LogP contribution in [-0.2, 0) is 4.79 Å². The van der Waals surface area contributed by atoms with Gasteiger partial charge in [-0.3, -0.25) is 4.79 Å². The number of carbonyl (C=O) groups excluding carboxylic acids is 1. The van der Waals surface area contributed by atoms with E-state index in [0.29, 0.717) is 18.1 Å². The molecule has 2 atom stereocenters. The molecule has 2 saturated heterocycles. The number of hydrogen-bond donors (Lipinski definition) is 1. The van der Waals surface area contributed by atoms with E-state index in [1.54, 1.807) is 0 Å². The van der Waals surface area contributed by atoms with Gasteiger partial charge in [-0.25, -0.2) is 0 Å². The number of hydrogen-bond acceptors (Lipinski definition) is 4. The Morgan fingerprint density at radius 3 is 2.29 bits per heavy atom. The summed E-state index contributed by atoms with van der Waals surface area (Å²) in [5.74, 6) is 2.86. The van der Waals surface area contributed by atoms with Crippen LogP contribution in [0, 0.1) is 11.8 Å². The Kier molecular flexibility index (Phi) is 7.18. The number of halogens is 1. The highest BCUT2D eigenvalue weighted by molar-refractivity contribution is 5.85. The molecule has 1 N–H and O–H groups in total. The number of benzene rings is 1. The molecule has 6 heteroatoms. The fourth-order valence-corrected chi connectivity index (χ4v) is 3.54. The highest BCUT2D eigenvalue weighted by atomic mass is 35.5. The summed E-state index contributed by atoms with van der Waals surface area (Å²) in [7, 11) is 0. The number of nitrogens with zero attached hydrogens (tertiary/aromatic N) is 1. The maximum atomic E-state index is 12.5. The van der Waals surface area contributed by atoms with Gasteiger partial charge in [0.05, 0.1) is 6.61 Å². The van der Waals surface area contributed by atoms with Gasteiger partial charge in [0.15, 0.2) is 18.1 Å². The highest BCUT2D eigenvalue weighted by Gasteiger charge is 2.31. The molecule has 1 amide bonds. The maximum absolute atomic E-state index is 12.5. The van der Waals surface area contributed by atoms with E-state index in [-0.39, 0.29) is 24.9 Å². The van der Waals surface area contributed by atoms with Crippen molar-refractivity contribution in [2.45, 2.75) is 19.8 Å². The number of rotatable bonds is 5. The van der Waals surface area contributed by atoms with E-state index < -0.39 is 0 Å². The lowest BCUT2D eigenvalue weighted by atomic mass is 9.92. The van der Waals surface area contributed by atoms with Gasteiger partial charge in [-0.2, -0.15) is 0 Å². The number of likely N-dealkylation sites (tertiary alicyclic amines) is 1. The Labute approximate surface area is 150 Å². The van der Waals surface area contributed by atoms with Gasteiger partial charge in [0.25, 0.3) is 5.91 Å². The van der Waals surface area contributed by atoms with Crippen LogP contribution in [0.3, 0.4) is 0 Å². The second-order valence-electron chi connectivity index (χ2n) is 6.30. The SMILES string of the molecule is CCOc1ccccc1OCC(=O)N1CC[C@@H]2CNC[C@@H]2CC1.Cl. The van der Waals surface area contributed by atoms with E-state index in [2.05, 4.69) is 5.32 Å². The molecule has 0 aliphatic carbocycles. The van der Waals surface area contributed by atoms with E-state index >= 15 is 0 Å². The van der Waals surface area contributed by atoms with Crippen molar-refractivity contribution >= 4 is 18.3 Å². The van der Waals surface area contributed by atoms with Crippen molar-refractivity contribution in [2.24, 2.45) is 11.8 Å². The zero-order valence-electron chi connectivity index (χ0n) is 14.2. The molecule has 0 radical (unpaired) electrons. The summed E-state index contributed by atoms with van der Waals surface area (Å²) in [6, 6.07) is 7.50. The largest absolute Gasteiger partial charge is 0.490 e. The molecule has 1 aromatic carbocycles. The first-order chi connectivity index (χ1) is 11.3. The third kappa shape index (κ3) is 4.54. The Morgan fingerprint density at radius 2 is 1.71 bits per heavy atom. The van der Waals surface area contributed by atoms with Crippen LogP contribution in [0.15, 0.2) is 24.3 Å². The first kappa shape index (κ1) is 18.9. The average molecular weight is 355 g/mol. The Bertz CT molecular complexity index is 527. The number of carbonyl (C=O) groups is 1. The fraction of sp³-hybridized carbons (Fsp3) is 0.611. The fourth-order valence-electron chi connectivity index (χ4n) is 3.54. The lowest BCUT2D eigenvalue weighted by Gasteiger charge is -2.21. The van der Waals surface area contributed by atoms with Gasteiger partial charge in [-0.15, -0.1) is 12.4 Å². The summed E-state index contributed by atoms with van der Waals surface area (Å²) in [5, 5.41) is 3.46. The molecule has 3 rings (SSSR count). The average Bonchev–Trinajstić information content (AvgIpc) is 2.92. The maximum Gasteiger partial charge on any atom is 0.260 e. The van der Waals surface area contributed by atoms with Crippen LogP contribution in [0.4, 0.5) is 0 Å². The van der Waals surface area contributed by atoms with E-state index in [0.717, 1.165) is 50.9 Å². The molecule has 2 aliphatic heterocycles. The lowest BCUT2D eigenvalue weighted by Crippen LogP contribution is -2.36. The monoisotopic (exact) mass is 354 g/mol. The molecular formula is C18H27ClN2O3. The number of amides is 1. The third-order valence-corrected chi connectivity index (χ3v) is 4.87. The third-order valence-electron chi connectivity index (χ3n) is 4.87. The Morgan fingerprint density at radius 1 is 1.12 bits per heavy atom. The minimum Gasteiger partial charge on any atom is -0.490 e. The minimum absolute atomic E-state index is 0. The van der Waals surface area contributed by atoms with Crippen molar-refractivity contribution < 1.29 is 14.3 Å². The van der Waals surface area contributed by atoms with Crippen LogP contribution in [0.25, 0.3) is 0 Å². The molecular weight excluding hydrogens is 328 g/mol. The first-order valence-corrected chi connectivity index (χ1v) is 8.61. The normalized spacial score (nSPS) is 23.0. The first-order valence-electron chi connectivity index (χ1n) is 8.61. The molecule has 0 unspecified atom stereocenters. The Hall–Kier alpha value is -1.46. The van der Waals surface area contributed by atoms with Gasteiger partial charge in [0, 0.05) is 13.1 Å². The minimum atomic E-state index is 0. The van der Waals surface area contributed by atoms with E-state index in [9.17, 15) is 4.79 Å². The second kappa shape index (κ2) is 9.14. The molecule has 24 heavy (non-hydrogen) atoms. The van der Waals surface area contributed by atoms with Gasteiger partial charge in [0.2, 0.25) is 0 Å². The van der Waals surface area contributed by atoms with Crippen LogP contribution in [-0.4, -0.2) is 50.2 Å². The zero-order chi connectivity index (χ0) is 16.1. The van der Waals surface area contributed by atoms with Gasteiger partial charge < -0.3 is 19.7 Å². The summed E-state index contributed by atoms with van der Waals surface area (Å²) in [5.41, 5.74) is 0. The quantitative estimate of drug-likeness (QED) is 0.881. The van der Waals surface area contributed by atoms with Crippen LogP contribution in [0.1, 0.15) is 19.8 Å². The molecule has 0 saturated carbocycles. The van der Waals surface area contributed by atoms with E-state index in [1.807, 2.05) is 36.1 Å². The summed E-state index contributed by atoms with van der Waals surface area (Å²) < 4.78 is 11.2. The number of para-hydroxylation sites is 2. The smallest absolute Gasteiger partial charge is 0.260 e. The molecule has 1 aromatic rings. The topological polar surface area (TPSA) is 50.8 Å². The molecule has 0 bridgehead atoms. The predicted octanol–water partition coefficient (Wildman–Crippen LogP) is 2.34. The standard InChI is InChI=1S/C18H26N2O3.ClH/c1-2-22-16-5-3-4-6-17(16)23-13-18(21)20-9-7-14-11-19-12-15(14)8-10-20;/h3-6,14-15,19H,2,7-13H2,1H3;1H/t14-,15+;. The van der Waals surface area contributed by atoms with Crippen molar-refractivity contribution in [3.05, 3.63) is 24.3 Å². The van der Waals surface area contributed by atoms with Crippen molar-refractivity contribution in [1.82, 2.24) is 10.2 Å². The number of nitrogens with one attached hydrogen (secondary N) is 1. The van der Waals surface area contributed by atoms with Gasteiger partial charge in [-0.1, -0.05) is 12.1 Å². The van der Waals surface area contributed by atoms with Crippen molar-refractivity contribution in [3.8, 4) is 11.5 Å². The van der Waals surface area contributed by atoms with E-state index in [1.165, 1.54) is 0 Å². The van der Waals surface area contributed by atoms with Gasteiger partial charge in [-0.05, 0) is 56.8 Å². The zero-order valence-corrected chi connectivity index (χ0v) is 15.0. The summed E-state index contributed by atoms with van der Waals surface area (Å²) in [6.07, 6.45) is 2.19. The van der Waals surface area contributed by atoms with Crippen molar-refractivity contribution in [2.75, 3.05) is 39.4 Å². The van der Waals surface area contributed by atoms with Gasteiger partial charge >= 0.3 is 0 Å². The van der Waals surface area contributed by atoms with Crippen LogP contribution in [0.5, 0.6) is 11.5 Å². The summed E-state index contributed by atoms with van der Waals surface area (Å²) >= 11 is 0. The molecule has 5 nitrogen and oxygen atoms in total. The predicted molar refractivity (Wildman–Crippen MR) is 96.0 cm³/mol. The molecule has 134 valence electrons. The highest BCUT2D eigenvalue weighted by Crippen LogP contribution is 2.28. The lowest BCUT2D eigenvalue weighted by molar-refractivity contribution is -0.133. The molecule has 0 spiro atoms. The molecule has 2 aliphatic rings. The van der Waals surface area contributed by atoms with Crippen molar-refractivity contribution in [3.63, 3.8) is 0 Å². The Balaban J connectivity index is 0.00000208.